The third-order valence-corrected chi connectivity index (χ3v) is 7.19. The van der Waals surface area contributed by atoms with E-state index >= 15 is 0 Å². The van der Waals surface area contributed by atoms with Crippen molar-refractivity contribution in [1.82, 2.24) is 10.2 Å². The Morgan fingerprint density at radius 2 is 1.93 bits per heavy atom. The average molecular weight is 566 g/mol. The molecule has 2 aliphatic heterocycles. The van der Waals surface area contributed by atoms with Gasteiger partial charge in [0.25, 0.3) is 0 Å². The second-order valence-electron chi connectivity index (χ2n) is 9.89. The SMILES string of the molecule is CCCCCCN1CC=CC(NC(=O)Nc2ccc(OC)c(F)c2)C1Oc1ccccc1C1(C(F)(F)F)CCO1. The molecule has 0 bridgehead atoms. The first kappa shape index (κ1) is 29.7. The fourth-order valence-electron chi connectivity index (χ4n) is 4.99. The number of carbonyl (C=O) groups excluding carboxylic acids is 1. The van der Waals surface area contributed by atoms with Crippen molar-refractivity contribution in [3.63, 3.8) is 0 Å². The van der Waals surface area contributed by atoms with Gasteiger partial charge < -0.3 is 24.8 Å². The number of methoxy groups -OCH3 is 1. The average Bonchev–Trinajstić information content (AvgIpc) is 2.87. The number of para-hydroxylation sites is 1. The summed E-state index contributed by atoms with van der Waals surface area (Å²) in [6.07, 6.45) is 1.99. The van der Waals surface area contributed by atoms with Crippen LogP contribution in [0.1, 0.15) is 44.6 Å². The van der Waals surface area contributed by atoms with Crippen LogP contribution in [0.3, 0.4) is 0 Å². The van der Waals surface area contributed by atoms with E-state index < -0.39 is 35.9 Å². The lowest BCUT2D eigenvalue weighted by atomic mass is 9.85. The molecule has 3 unspecified atom stereocenters. The third-order valence-electron chi connectivity index (χ3n) is 7.19. The van der Waals surface area contributed by atoms with Crippen LogP contribution >= 0.6 is 0 Å². The van der Waals surface area contributed by atoms with Crippen LogP contribution < -0.4 is 20.1 Å². The van der Waals surface area contributed by atoms with Crippen molar-refractivity contribution in [3.8, 4) is 11.5 Å². The molecule has 0 aromatic heterocycles. The van der Waals surface area contributed by atoms with Crippen molar-refractivity contribution in [1.29, 1.82) is 0 Å². The van der Waals surface area contributed by atoms with E-state index in [1.165, 1.54) is 37.4 Å². The van der Waals surface area contributed by atoms with Gasteiger partial charge in [-0.1, -0.05) is 56.5 Å². The van der Waals surface area contributed by atoms with E-state index in [1.54, 1.807) is 12.1 Å². The lowest BCUT2D eigenvalue weighted by Gasteiger charge is -2.45. The Labute approximate surface area is 231 Å². The van der Waals surface area contributed by atoms with Crippen molar-refractivity contribution in [3.05, 3.63) is 66.0 Å². The van der Waals surface area contributed by atoms with Gasteiger partial charge in [-0.15, -0.1) is 0 Å². The van der Waals surface area contributed by atoms with Gasteiger partial charge in [-0.2, -0.15) is 13.2 Å². The number of ether oxygens (including phenoxy) is 3. The predicted octanol–water partition coefficient (Wildman–Crippen LogP) is 6.36. The zero-order chi connectivity index (χ0) is 28.8. The summed E-state index contributed by atoms with van der Waals surface area (Å²) in [5.41, 5.74) is -2.31. The smallest absolute Gasteiger partial charge is 0.421 e. The summed E-state index contributed by atoms with van der Waals surface area (Å²) >= 11 is 0. The van der Waals surface area contributed by atoms with E-state index in [0.717, 1.165) is 31.7 Å². The van der Waals surface area contributed by atoms with Gasteiger partial charge >= 0.3 is 12.2 Å². The number of halogens is 4. The Morgan fingerprint density at radius 1 is 1.15 bits per heavy atom. The Morgan fingerprint density at radius 3 is 2.58 bits per heavy atom. The number of nitrogens with zero attached hydrogens (tertiary/aromatic N) is 1. The number of alkyl halides is 3. The summed E-state index contributed by atoms with van der Waals surface area (Å²) in [4.78, 5) is 14.9. The van der Waals surface area contributed by atoms with E-state index in [-0.39, 0.29) is 35.8 Å². The number of hydrogen-bond acceptors (Lipinski definition) is 5. The number of unbranched alkanes of at least 4 members (excludes halogenated alkanes) is 3. The molecule has 3 atom stereocenters. The number of anilines is 1. The molecule has 0 saturated carbocycles. The fraction of sp³-hybridized carbons (Fsp3) is 0.483. The molecule has 0 spiro atoms. The van der Waals surface area contributed by atoms with Crippen LogP contribution in [0, 0.1) is 5.82 Å². The first-order valence-electron chi connectivity index (χ1n) is 13.5. The monoisotopic (exact) mass is 565 g/mol. The largest absolute Gasteiger partial charge is 0.494 e. The van der Waals surface area contributed by atoms with Gasteiger partial charge in [0, 0.05) is 36.8 Å². The molecule has 40 heavy (non-hydrogen) atoms. The molecule has 2 aromatic rings. The number of nitrogens with one attached hydrogen (secondary N) is 2. The Kier molecular flexibility index (Phi) is 9.57. The molecule has 2 N–H and O–H groups in total. The number of urea groups is 1. The van der Waals surface area contributed by atoms with Gasteiger partial charge in [-0.25, -0.2) is 9.18 Å². The van der Waals surface area contributed by atoms with Gasteiger partial charge in [0.05, 0.1) is 19.8 Å². The topological polar surface area (TPSA) is 72.1 Å². The minimum absolute atomic E-state index is 0.000128. The maximum absolute atomic E-state index is 14.1. The molecule has 1 saturated heterocycles. The summed E-state index contributed by atoms with van der Waals surface area (Å²) < 4.78 is 72.9. The normalized spacial score (nSPS) is 22.9. The summed E-state index contributed by atoms with van der Waals surface area (Å²) in [5.74, 6) is -0.548. The molecule has 7 nitrogen and oxygen atoms in total. The molecular weight excluding hydrogens is 530 g/mol. The van der Waals surface area contributed by atoms with Crippen LogP contribution in [0.2, 0.25) is 0 Å². The second-order valence-corrected chi connectivity index (χ2v) is 9.89. The highest BCUT2D eigenvalue weighted by molar-refractivity contribution is 5.89. The van der Waals surface area contributed by atoms with Crippen LogP contribution in [0.5, 0.6) is 11.5 Å². The first-order valence-corrected chi connectivity index (χ1v) is 13.5. The molecule has 218 valence electrons. The lowest BCUT2D eigenvalue weighted by molar-refractivity contribution is -0.334. The highest BCUT2D eigenvalue weighted by Crippen LogP contribution is 2.52. The van der Waals surface area contributed by atoms with Crippen LogP contribution in [-0.4, -0.2) is 56.2 Å². The molecule has 0 radical (unpaired) electrons. The molecule has 2 amide bonds. The highest BCUT2D eigenvalue weighted by Gasteiger charge is 2.62. The molecule has 11 heteroatoms. The maximum Gasteiger partial charge on any atom is 0.421 e. The fourth-order valence-corrected chi connectivity index (χ4v) is 4.99. The Bertz CT molecular complexity index is 1190. The van der Waals surface area contributed by atoms with Gasteiger partial charge in [0.2, 0.25) is 0 Å². The molecular formula is C29H35F4N3O4. The second kappa shape index (κ2) is 12.9. The van der Waals surface area contributed by atoms with E-state index in [1.807, 2.05) is 11.0 Å². The standard InChI is InChI=1S/C29H35F4N3O4/c1-3-4-5-8-16-36-17-9-11-23(35-27(37)34-20-13-14-25(38-2)22(30)19-20)26(36)40-24-12-7-6-10-21(24)28(15-18-39-28)29(31,32)33/h6-7,9-14,19,23,26H,3-5,8,15-18H2,1-2H3,(H2,34,35,37). The zero-order valence-corrected chi connectivity index (χ0v) is 22.6. The molecule has 1 fully saturated rings. The van der Waals surface area contributed by atoms with Crippen LogP contribution in [0.4, 0.5) is 28.0 Å². The van der Waals surface area contributed by atoms with Crippen molar-refractivity contribution in [2.45, 2.75) is 63.1 Å². The van der Waals surface area contributed by atoms with Crippen LogP contribution in [-0.2, 0) is 10.3 Å². The van der Waals surface area contributed by atoms with E-state index in [9.17, 15) is 22.4 Å². The van der Waals surface area contributed by atoms with Gasteiger partial charge in [-0.05, 0) is 24.6 Å². The van der Waals surface area contributed by atoms with Crippen LogP contribution in [0.15, 0.2) is 54.6 Å². The first-order chi connectivity index (χ1) is 19.2. The number of benzene rings is 2. The van der Waals surface area contributed by atoms with E-state index in [4.69, 9.17) is 14.2 Å². The van der Waals surface area contributed by atoms with Crippen molar-refractivity contribution < 1.29 is 36.6 Å². The summed E-state index contributed by atoms with van der Waals surface area (Å²) in [6.45, 7) is 3.24. The Hall–Kier alpha value is -3.31. The quantitative estimate of drug-likeness (QED) is 0.189. The third kappa shape index (κ3) is 6.52. The van der Waals surface area contributed by atoms with E-state index in [2.05, 4.69) is 17.6 Å². The van der Waals surface area contributed by atoms with Crippen molar-refractivity contribution in [2.75, 3.05) is 32.1 Å². The van der Waals surface area contributed by atoms with Crippen LogP contribution in [0.25, 0.3) is 0 Å². The molecule has 0 aliphatic carbocycles. The Balaban J connectivity index is 1.57. The maximum atomic E-state index is 14.1. The molecule has 2 aliphatic rings. The number of hydrogen-bond donors (Lipinski definition) is 2. The number of rotatable bonds is 11. The minimum atomic E-state index is -4.62. The van der Waals surface area contributed by atoms with E-state index in [0.29, 0.717) is 13.1 Å². The molecule has 2 heterocycles. The summed E-state index contributed by atoms with van der Waals surface area (Å²) in [7, 11) is 1.34. The summed E-state index contributed by atoms with van der Waals surface area (Å²) in [6, 6.07) is 8.70. The number of amides is 2. The number of carbonyl (C=O) groups is 1. The summed E-state index contributed by atoms with van der Waals surface area (Å²) in [5, 5.41) is 5.42. The van der Waals surface area contributed by atoms with Gasteiger partial charge in [-0.3, -0.25) is 4.90 Å². The van der Waals surface area contributed by atoms with Gasteiger partial charge in [0.15, 0.2) is 23.4 Å². The zero-order valence-electron chi connectivity index (χ0n) is 22.6. The van der Waals surface area contributed by atoms with Crippen molar-refractivity contribution >= 4 is 11.7 Å². The minimum Gasteiger partial charge on any atom is -0.494 e. The van der Waals surface area contributed by atoms with Crippen molar-refractivity contribution in [2.24, 2.45) is 0 Å². The lowest BCUT2D eigenvalue weighted by Crippen LogP contribution is -2.57. The highest BCUT2D eigenvalue weighted by atomic mass is 19.4. The van der Waals surface area contributed by atoms with Gasteiger partial charge in [0.1, 0.15) is 5.75 Å². The predicted molar refractivity (Wildman–Crippen MR) is 143 cm³/mol. The molecule has 4 rings (SSSR count). The molecule has 2 aromatic carbocycles.